The molecule has 2 bridgehead atoms. The topological polar surface area (TPSA) is 67.9 Å². The van der Waals surface area contributed by atoms with Crippen LogP contribution in [0.1, 0.15) is 81.6 Å². The van der Waals surface area contributed by atoms with Gasteiger partial charge in [0.25, 0.3) is 0 Å². The average Bonchev–Trinajstić information content (AvgIpc) is 2.38. The Morgan fingerprint density at radius 3 is 1.75 bits per heavy atom. The number of fused-ring (bicyclic) bond motifs is 2. The number of carbonyl (C=O) groups is 2. The van der Waals surface area contributed by atoms with Crippen LogP contribution >= 0.6 is 0 Å². The van der Waals surface area contributed by atoms with Crippen LogP contribution < -0.4 is 5.32 Å². The molecule has 0 aromatic rings. The fourth-order valence-electron chi connectivity index (χ4n) is 5.66. The van der Waals surface area contributed by atoms with Crippen molar-refractivity contribution in [1.82, 2.24) is 10.2 Å². The lowest BCUT2D eigenvalue weighted by Gasteiger charge is -2.59. The molecule has 2 fully saturated rings. The van der Waals surface area contributed by atoms with Gasteiger partial charge in [-0.05, 0) is 77.0 Å². The largest absolute Gasteiger partial charge is 0.444 e. The van der Waals surface area contributed by atoms with Crippen molar-refractivity contribution in [3.8, 4) is 0 Å². The summed E-state index contributed by atoms with van der Waals surface area (Å²) in [5.41, 5.74) is -1.01. The first-order chi connectivity index (χ1) is 12.4. The lowest BCUT2D eigenvalue weighted by Crippen LogP contribution is -2.60. The summed E-state index contributed by atoms with van der Waals surface area (Å²) >= 11 is 0. The van der Waals surface area contributed by atoms with Gasteiger partial charge in [-0.15, -0.1) is 0 Å². The van der Waals surface area contributed by atoms with E-state index in [1.165, 1.54) is 0 Å². The van der Waals surface area contributed by atoms with Gasteiger partial charge in [-0.3, -0.25) is 0 Å². The molecule has 1 unspecified atom stereocenters. The van der Waals surface area contributed by atoms with Gasteiger partial charge in [-0.2, -0.15) is 0 Å². The third-order valence-electron chi connectivity index (χ3n) is 5.42. The minimum absolute atomic E-state index is 0.00646. The van der Waals surface area contributed by atoms with Crippen LogP contribution in [-0.4, -0.2) is 47.9 Å². The van der Waals surface area contributed by atoms with Gasteiger partial charge in [-0.25, -0.2) is 9.59 Å². The summed E-state index contributed by atoms with van der Waals surface area (Å²) < 4.78 is 11.0. The molecule has 0 radical (unpaired) electrons. The summed E-state index contributed by atoms with van der Waals surface area (Å²) in [6.45, 7) is 20.0. The monoisotopic (exact) mass is 396 g/mol. The lowest BCUT2D eigenvalue weighted by atomic mass is 9.52. The van der Waals surface area contributed by atoms with Gasteiger partial charge in [0.1, 0.15) is 11.2 Å². The number of carbonyl (C=O) groups excluding carboxylic acids is 2. The lowest BCUT2D eigenvalue weighted by molar-refractivity contribution is -0.0894. The summed E-state index contributed by atoms with van der Waals surface area (Å²) in [5, 5.41) is 2.97. The highest BCUT2D eigenvalue weighted by molar-refractivity contribution is 5.69. The molecule has 6 heteroatoms. The van der Waals surface area contributed by atoms with Gasteiger partial charge in [-0.1, -0.05) is 20.8 Å². The van der Waals surface area contributed by atoms with E-state index in [0.717, 1.165) is 19.3 Å². The number of nitrogens with one attached hydrogen (secondary N) is 1. The zero-order valence-corrected chi connectivity index (χ0v) is 19.3. The molecule has 3 atom stereocenters. The van der Waals surface area contributed by atoms with Crippen molar-refractivity contribution in [2.45, 2.75) is 92.8 Å². The van der Waals surface area contributed by atoms with E-state index in [1.807, 2.05) is 46.4 Å². The molecule has 2 rings (SSSR count). The first-order valence-corrected chi connectivity index (χ1v) is 10.4. The Balaban J connectivity index is 2.06. The predicted molar refractivity (Wildman–Crippen MR) is 110 cm³/mol. The maximum absolute atomic E-state index is 12.7. The van der Waals surface area contributed by atoms with Crippen molar-refractivity contribution < 1.29 is 19.1 Å². The molecule has 1 aliphatic carbocycles. The standard InChI is InChI=1S/C22H40N2O4/c1-18(2,3)27-16(25)23-13-20(7)10-21(8)12-22(9,11-20)15-24(14-21)17(26)28-19(4,5)6/h10-15H2,1-9H3,(H,23,25)/t20?,21-,22+. The van der Waals surface area contributed by atoms with Crippen LogP contribution in [0.2, 0.25) is 0 Å². The molecule has 2 amide bonds. The van der Waals surface area contributed by atoms with Crippen LogP contribution in [-0.2, 0) is 9.47 Å². The van der Waals surface area contributed by atoms with Crippen LogP contribution in [0.4, 0.5) is 9.59 Å². The molecular formula is C22H40N2O4. The molecule has 2 aliphatic rings. The highest BCUT2D eigenvalue weighted by atomic mass is 16.6. The Labute approximate surface area is 170 Å². The molecular weight excluding hydrogens is 356 g/mol. The number of likely N-dealkylation sites (tertiary alicyclic amines) is 1. The number of alkyl carbamates (subject to hydrolysis) is 1. The molecule has 6 nitrogen and oxygen atoms in total. The van der Waals surface area contributed by atoms with Gasteiger partial charge >= 0.3 is 12.2 Å². The highest BCUT2D eigenvalue weighted by Crippen LogP contribution is 2.57. The van der Waals surface area contributed by atoms with Crippen molar-refractivity contribution in [1.29, 1.82) is 0 Å². The van der Waals surface area contributed by atoms with E-state index < -0.39 is 11.2 Å². The Morgan fingerprint density at radius 1 is 0.857 bits per heavy atom. The number of amides is 2. The molecule has 1 saturated heterocycles. The van der Waals surface area contributed by atoms with Gasteiger partial charge in [0, 0.05) is 19.6 Å². The van der Waals surface area contributed by atoms with Crippen LogP contribution in [0.25, 0.3) is 0 Å². The number of rotatable bonds is 2. The average molecular weight is 397 g/mol. The number of hydrogen-bond donors (Lipinski definition) is 1. The number of hydrogen-bond acceptors (Lipinski definition) is 4. The van der Waals surface area contributed by atoms with Crippen molar-refractivity contribution in [3.63, 3.8) is 0 Å². The van der Waals surface area contributed by atoms with Crippen molar-refractivity contribution >= 4 is 12.2 Å². The van der Waals surface area contributed by atoms with E-state index in [4.69, 9.17) is 9.47 Å². The van der Waals surface area contributed by atoms with Gasteiger partial charge in [0.05, 0.1) is 0 Å². The fraction of sp³-hybridized carbons (Fsp3) is 0.909. The fourth-order valence-corrected chi connectivity index (χ4v) is 5.66. The minimum atomic E-state index is -0.500. The Morgan fingerprint density at radius 2 is 1.32 bits per heavy atom. The zero-order valence-electron chi connectivity index (χ0n) is 19.3. The van der Waals surface area contributed by atoms with Crippen LogP contribution in [0.3, 0.4) is 0 Å². The predicted octanol–water partition coefficient (Wildman–Crippen LogP) is 4.96. The third-order valence-corrected chi connectivity index (χ3v) is 5.42. The molecule has 162 valence electrons. The number of ether oxygens (including phenoxy) is 2. The molecule has 1 saturated carbocycles. The molecule has 1 aliphatic heterocycles. The normalized spacial score (nSPS) is 33.2. The number of nitrogens with zero attached hydrogens (tertiary/aromatic N) is 1. The van der Waals surface area contributed by atoms with E-state index in [9.17, 15) is 9.59 Å². The van der Waals surface area contributed by atoms with E-state index in [-0.39, 0.29) is 28.4 Å². The summed E-state index contributed by atoms with van der Waals surface area (Å²) in [4.78, 5) is 26.7. The third kappa shape index (κ3) is 6.28. The van der Waals surface area contributed by atoms with Gasteiger partial charge in [0.15, 0.2) is 0 Å². The SMILES string of the molecule is CC1(CNC(=O)OC(C)(C)C)C[C@]2(C)CN(C(=O)OC(C)(C)C)C[C@](C)(C1)C2. The molecule has 0 spiro atoms. The van der Waals surface area contributed by atoms with Crippen molar-refractivity contribution in [2.75, 3.05) is 19.6 Å². The van der Waals surface area contributed by atoms with Crippen LogP contribution in [0, 0.1) is 16.2 Å². The maximum atomic E-state index is 12.7. The highest BCUT2D eigenvalue weighted by Gasteiger charge is 2.54. The summed E-state index contributed by atoms with van der Waals surface area (Å²) in [6.07, 6.45) is 2.40. The van der Waals surface area contributed by atoms with Crippen LogP contribution in [0.5, 0.6) is 0 Å². The summed E-state index contributed by atoms with van der Waals surface area (Å²) in [7, 11) is 0. The smallest absolute Gasteiger partial charge is 0.410 e. The van der Waals surface area contributed by atoms with E-state index in [2.05, 4.69) is 26.1 Å². The van der Waals surface area contributed by atoms with Gasteiger partial charge in [0.2, 0.25) is 0 Å². The molecule has 1 heterocycles. The second kappa shape index (κ2) is 7.10. The maximum Gasteiger partial charge on any atom is 0.410 e. The van der Waals surface area contributed by atoms with E-state index >= 15 is 0 Å². The van der Waals surface area contributed by atoms with Crippen molar-refractivity contribution in [2.24, 2.45) is 16.2 Å². The number of piperidine rings is 1. The molecule has 0 aromatic heterocycles. The second-order valence-electron chi connectivity index (χ2n) is 12.2. The van der Waals surface area contributed by atoms with Crippen molar-refractivity contribution in [3.05, 3.63) is 0 Å². The minimum Gasteiger partial charge on any atom is -0.444 e. The van der Waals surface area contributed by atoms with E-state index in [1.54, 1.807) is 0 Å². The van der Waals surface area contributed by atoms with Crippen LogP contribution in [0.15, 0.2) is 0 Å². The summed E-state index contributed by atoms with van der Waals surface area (Å²) in [6, 6.07) is 0. The Bertz CT molecular complexity index is 595. The summed E-state index contributed by atoms with van der Waals surface area (Å²) in [5.74, 6) is 0. The Hall–Kier alpha value is -1.46. The Kier molecular flexibility index (Phi) is 5.79. The molecule has 1 N–H and O–H groups in total. The zero-order chi connectivity index (χ0) is 21.6. The van der Waals surface area contributed by atoms with Gasteiger partial charge < -0.3 is 19.7 Å². The first kappa shape index (κ1) is 22.8. The molecule has 28 heavy (non-hydrogen) atoms. The second-order valence-corrected chi connectivity index (χ2v) is 12.2. The first-order valence-electron chi connectivity index (χ1n) is 10.4. The van der Waals surface area contributed by atoms with E-state index in [0.29, 0.717) is 19.6 Å². The molecule has 0 aromatic carbocycles. The quantitative estimate of drug-likeness (QED) is 0.716.